The fourth-order valence-electron chi connectivity index (χ4n) is 2.12. The molecule has 1 rings (SSSR count). The van der Waals surface area contributed by atoms with E-state index in [2.05, 4.69) is 22.5 Å². The molecule has 0 unspecified atom stereocenters. The number of halogens is 1. The fourth-order valence-corrected chi connectivity index (χ4v) is 2.12. The van der Waals surface area contributed by atoms with Gasteiger partial charge in [-0.15, -0.1) is 24.0 Å². The quantitative estimate of drug-likeness (QED) is 0.482. The van der Waals surface area contributed by atoms with Gasteiger partial charge in [0.25, 0.3) is 0 Å². The second-order valence-electron chi connectivity index (χ2n) is 4.91. The number of unbranched alkanes of at least 4 members (excludes halogenated alkanes) is 7. The number of rotatable bonds is 9. The van der Waals surface area contributed by atoms with Crippen LogP contribution in [0.15, 0.2) is 4.99 Å². The molecular formula is C14H30IN3. The number of aliphatic imine (C=N–C) groups is 1. The maximum atomic E-state index is 4.39. The summed E-state index contributed by atoms with van der Waals surface area (Å²) in [5.74, 6) is 1.01. The van der Waals surface area contributed by atoms with Crippen LogP contribution in [0.25, 0.3) is 0 Å². The van der Waals surface area contributed by atoms with Crippen LogP contribution < -0.4 is 10.6 Å². The number of nitrogens with zero attached hydrogens (tertiary/aromatic N) is 1. The Morgan fingerprint density at radius 2 is 1.72 bits per heavy atom. The van der Waals surface area contributed by atoms with Crippen LogP contribution >= 0.6 is 24.0 Å². The average Bonchev–Trinajstić information content (AvgIpc) is 2.38. The predicted molar refractivity (Wildman–Crippen MR) is 90.9 cm³/mol. The summed E-state index contributed by atoms with van der Waals surface area (Å²) in [4.78, 5) is 4.39. The van der Waals surface area contributed by atoms with E-state index in [4.69, 9.17) is 0 Å². The first-order chi connectivity index (χ1) is 8.43. The lowest BCUT2D eigenvalue weighted by Gasteiger charge is -2.15. The van der Waals surface area contributed by atoms with E-state index in [1.807, 2.05) is 0 Å². The maximum Gasteiger partial charge on any atom is 0.191 e. The van der Waals surface area contributed by atoms with Crippen LogP contribution in [0.3, 0.4) is 0 Å². The summed E-state index contributed by atoms with van der Waals surface area (Å²) in [6, 6.07) is 0. The molecule has 0 radical (unpaired) electrons. The van der Waals surface area contributed by atoms with Gasteiger partial charge in [-0.1, -0.05) is 51.9 Å². The standard InChI is InChI=1S/C14H29N3.HI/c1-2-3-4-5-6-7-8-9-11-15-14-16-12-10-13-17-14;/h2-13H2,1H3,(H2,15,16,17);1H. The predicted octanol–water partition coefficient (Wildman–Crippen LogP) is 3.68. The summed E-state index contributed by atoms with van der Waals surface area (Å²) in [5.41, 5.74) is 0. The monoisotopic (exact) mass is 367 g/mol. The van der Waals surface area contributed by atoms with E-state index in [1.165, 1.54) is 57.8 Å². The summed E-state index contributed by atoms with van der Waals surface area (Å²) in [7, 11) is 0. The van der Waals surface area contributed by atoms with Gasteiger partial charge in [0, 0.05) is 19.6 Å². The highest BCUT2D eigenvalue weighted by Gasteiger charge is 2.01. The largest absolute Gasteiger partial charge is 0.356 e. The lowest BCUT2D eigenvalue weighted by molar-refractivity contribution is 0.570. The highest BCUT2D eigenvalue weighted by atomic mass is 127. The first-order valence-electron chi connectivity index (χ1n) is 7.45. The van der Waals surface area contributed by atoms with Gasteiger partial charge in [0.2, 0.25) is 0 Å². The molecular weight excluding hydrogens is 337 g/mol. The lowest BCUT2D eigenvalue weighted by Crippen LogP contribution is -2.41. The highest BCUT2D eigenvalue weighted by molar-refractivity contribution is 14.0. The van der Waals surface area contributed by atoms with Gasteiger partial charge in [-0.2, -0.15) is 0 Å². The minimum Gasteiger partial charge on any atom is -0.356 e. The van der Waals surface area contributed by atoms with Crippen molar-refractivity contribution >= 4 is 29.9 Å². The van der Waals surface area contributed by atoms with Crippen LogP contribution in [0, 0.1) is 0 Å². The zero-order chi connectivity index (χ0) is 12.2. The van der Waals surface area contributed by atoms with E-state index in [9.17, 15) is 0 Å². The Kier molecular flexibility index (Phi) is 13.4. The Hall–Kier alpha value is 0. The third-order valence-corrected chi connectivity index (χ3v) is 3.22. The molecule has 1 aliphatic heterocycles. The molecule has 0 saturated carbocycles. The molecule has 0 spiro atoms. The third kappa shape index (κ3) is 9.97. The van der Waals surface area contributed by atoms with Crippen molar-refractivity contribution in [3.05, 3.63) is 0 Å². The van der Waals surface area contributed by atoms with Crippen molar-refractivity contribution in [3.63, 3.8) is 0 Å². The van der Waals surface area contributed by atoms with Gasteiger partial charge in [-0.25, -0.2) is 0 Å². The van der Waals surface area contributed by atoms with Crippen molar-refractivity contribution in [1.29, 1.82) is 0 Å². The molecule has 18 heavy (non-hydrogen) atoms. The number of guanidine groups is 1. The molecule has 0 amide bonds. The second-order valence-corrected chi connectivity index (χ2v) is 4.91. The van der Waals surface area contributed by atoms with Crippen molar-refractivity contribution in [3.8, 4) is 0 Å². The molecule has 0 bridgehead atoms. The summed E-state index contributed by atoms with van der Waals surface area (Å²) < 4.78 is 0. The summed E-state index contributed by atoms with van der Waals surface area (Å²) in [6.07, 6.45) is 12.2. The zero-order valence-corrected chi connectivity index (χ0v) is 14.2. The van der Waals surface area contributed by atoms with Crippen molar-refractivity contribution in [2.75, 3.05) is 19.6 Å². The maximum absolute atomic E-state index is 4.39. The summed E-state index contributed by atoms with van der Waals surface area (Å²) in [6.45, 7) is 5.39. The van der Waals surface area contributed by atoms with Gasteiger partial charge in [0.05, 0.1) is 0 Å². The minimum absolute atomic E-state index is 0. The zero-order valence-electron chi connectivity index (χ0n) is 11.8. The lowest BCUT2D eigenvalue weighted by atomic mass is 10.1. The molecule has 3 nitrogen and oxygen atoms in total. The van der Waals surface area contributed by atoms with Gasteiger partial charge in [-0.3, -0.25) is 4.99 Å². The first-order valence-corrected chi connectivity index (χ1v) is 7.45. The molecule has 0 aliphatic carbocycles. The molecule has 0 aromatic carbocycles. The molecule has 0 aromatic rings. The van der Waals surface area contributed by atoms with Gasteiger partial charge in [0.15, 0.2) is 5.96 Å². The number of hydrogen-bond acceptors (Lipinski definition) is 3. The summed E-state index contributed by atoms with van der Waals surface area (Å²) in [5, 5.41) is 6.65. The van der Waals surface area contributed by atoms with E-state index >= 15 is 0 Å². The van der Waals surface area contributed by atoms with E-state index in [1.54, 1.807) is 0 Å². The van der Waals surface area contributed by atoms with E-state index < -0.39 is 0 Å². The highest BCUT2D eigenvalue weighted by Crippen LogP contribution is 2.07. The van der Waals surface area contributed by atoms with Gasteiger partial charge in [-0.05, 0) is 12.8 Å². The SMILES string of the molecule is CCCCCCCCCCNC1=NCCCN1.I. The summed E-state index contributed by atoms with van der Waals surface area (Å²) >= 11 is 0. The molecule has 108 valence electrons. The third-order valence-electron chi connectivity index (χ3n) is 3.22. The Labute approximate surface area is 130 Å². The normalized spacial score (nSPS) is 14.4. The molecule has 0 atom stereocenters. The Morgan fingerprint density at radius 3 is 2.33 bits per heavy atom. The molecule has 1 aliphatic rings. The molecule has 2 N–H and O–H groups in total. The van der Waals surface area contributed by atoms with Crippen molar-refractivity contribution < 1.29 is 0 Å². The smallest absolute Gasteiger partial charge is 0.191 e. The van der Waals surface area contributed by atoms with Crippen LogP contribution in [-0.4, -0.2) is 25.6 Å². The molecule has 4 heteroatoms. The van der Waals surface area contributed by atoms with Crippen LogP contribution in [-0.2, 0) is 0 Å². The molecule has 0 aromatic heterocycles. The molecule has 1 heterocycles. The fraction of sp³-hybridized carbons (Fsp3) is 0.929. The molecule has 0 fully saturated rings. The Balaban J connectivity index is 0.00000289. The van der Waals surface area contributed by atoms with Crippen molar-refractivity contribution in [1.82, 2.24) is 10.6 Å². The van der Waals surface area contributed by atoms with Gasteiger partial charge >= 0.3 is 0 Å². The average molecular weight is 367 g/mol. The first kappa shape index (κ1) is 18.0. The van der Waals surface area contributed by atoms with Crippen molar-refractivity contribution in [2.45, 2.75) is 64.7 Å². The van der Waals surface area contributed by atoms with E-state index in [0.717, 1.165) is 25.6 Å². The van der Waals surface area contributed by atoms with Crippen molar-refractivity contribution in [2.24, 2.45) is 4.99 Å². The van der Waals surface area contributed by atoms with E-state index in [-0.39, 0.29) is 24.0 Å². The minimum atomic E-state index is 0. The Bertz CT molecular complexity index is 207. The van der Waals surface area contributed by atoms with Crippen LogP contribution in [0.2, 0.25) is 0 Å². The van der Waals surface area contributed by atoms with Crippen LogP contribution in [0.4, 0.5) is 0 Å². The van der Waals surface area contributed by atoms with Gasteiger partial charge in [0.1, 0.15) is 0 Å². The van der Waals surface area contributed by atoms with Crippen LogP contribution in [0.1, 0.15) is 64.7 Å². The van der Waals surface area contributed by atoms with Gasteiger partial charge < -0.3 is 10.6 Å². The molecule has 0 saturated heterocycles. The number of nitrogens with one attached hydrogen (secondary N) is 2. The second kappa shape index (κ2) is 13.4. The topological polar surface area (TPSA) is 36.4 Å². The number of hydrogen-bond donors (Lipinski definition) is 2. The van der Waals surface area contributed by atoms with E-state index in [0.29, 0.717) is 0 Å². The van der Waals surface area contributed by atoms with Crippen LogP contribution in [0.5, 0.6) is 0 Å². The Morgan fingerprint density at radius 1 is 1.06 bits per heavy atom.